The molecule has 3 rings (SSSR count). The van der Waals surface area contributed by atoms with E-state index in [-0.39, 0.29) is 17.9 Å². The number of carbonyl (C=O) groups is 1. The van der Waals surface area contributed by atoms with Crippen molar-refractivity contribution in [3.63, 3.8) is 0 Å². The smallest absolute Gasteiger partial charge is 0.225 e. The number of amides is 1. The highest BCUT2D eigenvalue weighted by atomic mass is 16.5. The summed E-state index contributed by atoms with van der Waals surface area (Å²) in [6.45, 7) is 3.34. The van der Waals surface area contributed by atoms with Crippen LogP contribution in [-0.4, -0.2) is 35.1 Å². The molecule has 0 saturated carbocycles. The average Bonchev–Trinajstić information content (AvgIpc) is 2.90. The van der Waals surface area contributed by atoms with Gasteiger partial charge in [0.25, 0.3) is 0 Å². The number of para-hydroxylation sites is 2. The lowest BCUT2D eigenvalue weighted by Crippen LogP contribution is -2.40. The quantitative estimate of drug-likeness (QED) is 0.904. The number of aromatic amines is 1. The SMILES string of the molecule is CC1OCCCC1C(=O)NCCc1nc2ccccc2[nH]1. The summed E-state index contributed by atoms with van der Waals surface area (Å²) in [5.41, 5.74) is 2.00. The molecule has 2 N–H and O–H groups in total. The predicted octanol–water partition coefficient (Wildman–Crippen LogP) is 2.04. The van der Waals surface area contributed by atoms with Crippen LogP contribution in [0.25, 0.3) is 11.0 Å². The first-order valence-corrected chi connectivity index (χ1v) is 7.57. The minimum absolute atomic E-state index is 0.0185. The van der Waals surface area contributed by atoms with E-state index in [4.69, 9.17) is 4.74 Å². The van der Waals surface area contributed by atoms with Crippen LogP contribution in [0.3, 0.4) is 0 Å². The molecule has 0 spiro atoms. The van der Waals surface area contributed by atoms with E-state index in [9.17, 15) is 4.79 Å². The van der Waals surface area contributed by atoms with Crippen molar-refractivity contribution in [1.29, 1.82) is 0 Å². The molecule has 0 aliphatic carbocycles. The van der Waals surface area contributed by atoms with Crippen LogP contribution in [-0.2, 0) is 16.0 Å². The number of nitrogens with zero attached hydrogens (tertiary/aromatic N) is 1. The summed E-state index contributed by atoms with van der Waals surface area (Å²) in [4.78, 5) is 19.9. The first-order valence-electron chi connectivity index (χ1n) is 7.57. The van der Waals surface area contributed by atoms with Gasteiger partial charge in [0.05, 0.1) is 23.1 Å². The number of carbonyl (C=O) groups excluding carboxylic acids is 1. The molecule has 2 heterocycles. The molecule has 0 radical (unpaired) electrons. The van der Waals surface area contributed by atoms with Crippen molar-refractivity contribution in [2.45, 2.75) is 32.3 Å². The minimum Gasteiger partial charge on any atom is -0.378 e. The molecule has 2 unspecified atom stereocenters. The lowest BCUT2D eigenvalue weighted by atomic mass is 9.94. The number of fused-ring (bicyclic) bond motifs is 1. The summed E-state index contributed by atoms with van der Waals surface area (Å²) in [5, 5.41) is 3.00. The van der Waals surface area contributed by atoms with E-state index in [0.29, 0.717) is 13.0 Å². The molecular formula is C16H21N3O2. The van der Waals surface area contributed by atoms with Crippen molar-refractivity contribution >= 4 is 16.9 Å². The first kappa shape index (κ1) is 14.1. The molecule has 2 atom stereocenters. The minimum atomic E-state index is -0.0191. The lowest BCUT2D eigenvalue weighted by molar-refractivity contribution is -0.133. The maximum atomic E-state index is 12.1. The number of ether oxygens (including phenoxy) is 1. The van der Waals surface area contributed by atoms with Gasteiger partial charge >= 0.3 is 0 Å². The predicted molar refractivity (Wildman–Crippen MR) is 80.9 cm³/mol. The van der Waals surface area contributed by atoms with Crippen LogP contribution in [0, 0.1) is 5.92 Å². The zero-order chi connectivity index (χ0) is 14.7. The Balaban J connectivity index is 1.52. The number of rotatable bonds is 4. The number of hydrogen-bond donors (Lipinski definition) is 2. The number of nitrogens with one attached hydrogen (secondary N) is 2. The molecule has 21 heavy (non-hydrogen) atoms. The van der Waals surface area contributed by atoms with Gasteiger partial charge in [-0.2, -0.15) is 0 Å². The van der Waals surface area contributed by atoms with Gasteiger partial charge in [0.15, 0.2) is 0 Å². The molecule has 0 bridgehead atoms. The van der Waals surface area contributed by atoms with Crippen molar-refractivity contribution in [2.24, 2.45) is 5.92 Å². The molecule has 1 saturated heterocycles. The summed E-state index contributed by atoms with van der Waals surface area (Å²) >= 11 is 0. The summed E-state index contributed by atoms with van der Waals surface area (Å²) in [7, 11) is 0. The Morgan fingerprint density at radius 1 is 1.48 bits per heavy atom. The van der Waals surface area contributed by atoms with E-state index in [0.717, 1.165) is 36.3 Å². The van der Waals surface area contributed by atoms with E-state index in [1.807, 2.05) is 31.2 Å². The Kier molecular flexibility index (Phi) is 4.20. The van der Waals surface area contributed by atoms with Gasteiger partial charge in [-0.05, 0) is 31.9 Å². The van der Waals surface area contributed by atoms with Crippen molar-refractivity contribution < 1.29 is 9.53 Å². The molecular weight excluding hydrogens is 266 g/mol. The van der Waals surface area contributed by atoms with Crippen molar-refractivity contribution in [1.82, 2.24) is 15.3 Å². The van der Waals surface area contributed by atoms with Crippen LogP contribution >= 0.6 is 0 Å². The Bertz CT molecular complexity index is 590. The fourth-order valence-electron chi connectivity index (χ4n) is 2.83. The second-order valence-corrected chi connectivity index (χ2v) is 5.57. The third-order valence-corrected chi connectivity index (χ3v) is 4.04. The maximum absolute atomic E-state index is 12.1. The standard InChI is InChI=1S/C16H21N3O2/c1-11-12(5-4-10-21-11)16(20)17-9-8-15-18-13-6-2-3-7-14(13)19-15/h2-3,6-7,11-12H,4-5,8-10H2,1H3,(H,17,20)(H,18,19). The normalized spacial score (nSPS) is 22.3. The Labute approximate surface area is 124 Å². The lowest BCUT2D eigenvalue weighted by Gasteiger charge is -2.27. The number of imidazole rings is 1. The topological polar surface area (TPSA) is 67.0 Å². The van der Waals surface area contributed by atoms with Gasteiger partial charge in [0.2, 0.25) is 5.91 Å². The Hall–Kier alpha value is -1.88. The molecule has 112 valence electrons. The number of benzene rings is 1. The average molecular weight is 287 g/mol. The van der Waals surface area contributed by atoms with Gasteiger partial charge in [-0.1, -0.05) is 12.1 Å². The van der Waals surface area contributed by atoms with Crippen LogP contribution in [0.4, 0.5) is 0 Å². The van der Waals surface area contributed by atoms with Crippen LogP contribution in [0.5, 0.6) is 0 Å². The van der Waals surface area contributed by atoms with Gasteiger partial charge in [0.1, 0.15) is 5.82 Å². The summed E-state index contributed by atoms with van der Waals surface area (Å²) in [6.07, 6.45) is 2.61. The summed E-state index contributed by atoms with van der Waals surface area (Å²) < 4.78 is 5.54. The fourth-order valence-corrected chi connectivity index (χ4v) is 2.83. The van der Waals surface area contributed by atoms with E-state index in [2.05, 4.69) is 15.3 Å². The Morgan fingerprint density at radius 3 is 3.14 bits per heavy atom. The maximum Gasteiger partial charge on any atom is 0.225 e. The highest BCUT2D eigenvalue weighted by Gasteiger charge is 2.28. The summed E-state index contributed by atoms with van der Waals surface area (Å²) in [5.74, 6) is 0.983. The second-order valence-electron chi connectivity index (χ2n) is 5.57. The van der Waals surface area contributed by atoms with Crippen molar-refractivity contribution in [2.75, 3.05) is 13.2 Å². The third-order valence-electron chi connectivity index (χ3n) is 4.04. The van der Waals surface area contributed by atoms with Gasteiger partial charge in [-0.15, -0.1) is 0 Å². The van der Waals surface area contributed by atoms with Gasteiger partial charge in [-0.3, -0.25) is 4.79 Å². The van der Waals surface area contributed by atoms with E-state index >= 15 is 0 Å². The zero-order valence-corrected chi connectivity index (χ0v) is 12.3. The first-order chi connectivity index (χ1) is 10.2. The Morgan fingerprint density at radius 2 is 2.33 bits per heavy atom. The van der Waals surface area contributed by atoms with Crippen LogP contribution in [0.2, 0.25) is 0 Å². The molecule has 1 fully saturated rings. The fraction of sp³-hybridized carbons (Fsp3) is 0.500. The molecule has 1 aliphatic heterocycles. The monoisotopic (exact) mass is 287 g/mol. The van der Waals surface area contributed by atoms with E-state index < -0.39 is 0 Å². The van der Waals surface area contributed by atoms with Crippen LogP contribution in [0.15, 0.2) is 24.3 Å². The van der Waals surface area contributed by atoms with E-state index in [1.165, 1.54) is 0 Å². The third kappa shape index (κ3) is 3.24. The van der Waals surface area contributed by atoms with Gasteiger partial charge in [-0.25, -0.2) is 4.98 Å². The largest absolute Gasteiger partial charge is 0.378 e. The second kappa shape index (κ2) is 6.26. The number of H-pyrrole nitrogens is 1. The number of hydrogen-bond acceptors (Lipinski definition) is 3. The van der Waals surface area contributed by atoms with Crippen LogP contribution in [0.1, 0.15) is 25.6 Å². The zero-order valence-electron chi connectivity index (χ0n) is 12.3. The highest BCUT2D eigenvalue weighted by Crippen LogP contribution is 2.20. The molecule has 2 aromatic rings. The molecule has 1 amide bonds. The van der Waals surface area contributed by atoms with E-state index in [1.54, 1.807) is 0 Å². The van der Waals surface area contributed by atoms with Gasteiger partial charge in [0, 0.05) is 19.6 Å². The van der Waals surface area contributed by atoms with Crippen molar-refractivity contribution in [3.8, 4) is 0 Å². The molecule has 5 nitrogen and oxygen atoms in total. The molecule has 5 heteroatoms. The van der Waals surface area contributed by atoms with Crippen LogP contribution < -0.4 is 5.32 Å². The number of aromatic nitrogens is 2. The van der Waals surface area contributed by atoms with Crippen molar-refractivity contribution in [3.05, 3.63) is 30.1 Å². The highest BCUT2D eigenvalue weighted by molar-refractivity contribution is 5.79. The summed E-state index contributed by atoms with van der Waals surface area (Å²) in [6, 6.07) is 7.94. The van der Waals surface area contributed by atoms with Gasteiger partial charge < -0.3 is 15.0 Å². The molecule has 1 aromatic carbocycles. The molecule has 1 aliphatic rings. The molecule has 1 aromatic heterocycles.